The van der Waals surface area contributed by atoms with Crippen molar-refractivity contribution in [2.24, 2.45) is 0 Å². The maximum absolute atomic E-state index is 10.4. The number of benzene rings is 1. The van der Waals surface area contributed by atoms with Crippen molar-refractivity contribution in [2.75, 3.05) is 6.61 Å². The van der Waals surface area contributed by atoms with Crippen molar-refractivity contribution in [3.05, 3.63) is 46.0 Å². The Morgan fingerprint density at radius 1 is 1.39 bits per heavy atom. The van der Waals surface area contributed by atoms with Crippen molar-refractivity contribution in [2.45, 2.75) is 12.8 Å². The lowest BCUT2D eigenvalue weighted by Gasteiger charge is -1.97. The van der Waals surface area contributed by atoms with E-state index in [1.165, 1.54) is 12.1 Å². The van der Waals surface area contributed by atoms with Crippen LogP contribution in [-0.2, 0) is 4.74 Å². The molecule has 0 heterocycles. The fraction of sp³-hybridized carbons (Fsp3) is 0.250. The number of non-ortho nitro benzene ring substituents is 1. The summed E-state index contributed by atoms with van der Waals surface area (Å²) >= 11 is 0. The SMILES string of the molecule is O=C(O)OCCCC=Cc1ccc([N+](=O)[O-])cc1. The van der Waals surface area contributed by atoms with Crippen LogP contribution in [0.1, 0.15) is 18.4 Å². The number of hydrogen-bond acceptors (Lipinski definition) is 4. The average molecular weight is 251 g/mol. The molecule has 0 amide bonds. The topological polar surface area (TPSA) is 89.7 Å². The molecule has 0 aromatic heterocycles. The van der Waals surface area contributed by atoms with E-state index in [4.69, 9.17) is 5.11 Å². The molecule has 6 heteroatoms. The van der Waals surface area contributed by atoms with Crippen LogP contribution in [0.4, 0.5) is 10.5 Å². The van der Waals surface area contributed by atoms with Crippen molar-refractivity contribution >= 4 is 17.9 Å². The Bertz CT molecular complexity index is 438. The number of unbranched alkanes of at least 4 members (excludes halogenated alkanes) is 1. The number of carboxylic acid groups (broad SMARTS) is 1. The Morgan fingerprint density at radius 3 is 2.61 bits per heavy atom. The van der Waals surface area contributed by atoms with E-state index >= 15 is 0 Å². The summed E-state index contributed by atoms with van der Waals surface area (Å²) in [4.78, 5) is 20.0. The van der Waals surface area contributed by atoms with Gasteiger partial charge in [0.1, 0.15) is 0 Å². The number of hydrogen-bond donors (Lipinski definition) is 1. The quantitative estimate of drug-likeness (QED) is 0.363. The van der Waals surface area contributed by atoms with Gasteiger partial charge in [0.2, 0.25) is 0 Å². The monoisotopic (exact) mass is 251 g/mol. The lowest BCUT2D eigenvalue weighted by atomic mass is 10.2. The van der Waals surface area contributed by atoms with E-state index in [-0.39, 0.29) is 12.3 Å². The molecule has 0 saturated carbocycles. The van der Waals surface area contributed by atoms with E-state index in [0.717, 1.165) is 5.56 Å². The van der Waals surface area contributed by atoms with Gasteiger partial charge in [-0.3, -0.25) is 10.1 Å². The number of nitrogens with zero attached hydrogens (tertiary/aromatic N) is 1. The molecule has 0 spiro atoms. The molecule has 0 aliphatic carbocycles. The van der Waals surface area contributed by atoms with E-state index in [1.807, 2.05) is 12.2 Å². The van der Waals surface area contributed by atoms with Crippen LogP contribution in [0, 0.1) is 10.1 Å². The van der Waals surface area contributed by atoms with Crippen LogP contribution >= 0.6 is 0 Å². The van der Waals surface area contributed by atoms with Crippen LogP contribution in [0.15, 0.2) is 30.3 Å². The molecular formula is C12H13NO5. The molecule has 0 radical (unpaired) electrons. The molecule has 0 aliphatic heterocycles. The summed E-state index contributed by atoms with van der Waals surface area (Å²) in [6, 6.07) is 6.19. The smallest absolute Gasteiger partial charge is 0.450 e. The number of nitro benzene ring substituents is 1. The highest BCUT2D eigenvalue weighted by Crippen LogP contribution is 2.13. The second-order valence-electron chi connectivity index (χ2n) is 3.51. The standard InChI is InChI=1S/C12H13NO5/c14-12(15)18-9-3-1-2-4-10-5-7-11(8-6-10)13(16)17/h2,4-8H,1,3,9H2,(H,14,15). The van der Waals surface area contributed by atoms with Gasteiger partial charge in [-0.1, -0.05) is 12.2 Å². The zero-order chi connectivity index (χ0) is 13.4. The van der Waals surface area contributed by atoms with Crippen molar-refractivity contribution in [3.63, 3.8) is 0 Å². The normalized spacial score (nSPS) is 10.4. The molecule has 96 valence electrons. The van der Waals surface area contributed by atoms with Crippen LogP contribution in [0.2, 0.25) is 0 Å². The van der Waals surface area contributed by atoms with Gasteiger partial charge in [-0.2, -0.15) is 0 Å². The van der Waals surface area contributed by atoms with Gasteiger partial charge < -0.3 is 9.84 Å². The van der Waals surface area contributed by atoms with Crippen LogP contribution in [0.5, 0.6) is 0 Å². The Balaban J connectivity index is 2.33. The number of nitro groups is 1. The summed E-state index contributed by atoms with van der Waals surface area (Å²) in [5, 5.41) is 18.6. The Hall–Kier alpha value is -2.37. The molecule has 0 bridgehead atoms. The maximum Gasteiger partial charge on any atom is 0.505 e. The van der Waals surface area contributed by atoms with Gasteiger partial charge >= 0.3 is 6.16 Å². The predicted molar refractivity (Wildman–Crippen MR) is 65.3 cm³/mol. The Kier molecular flexibility index (Phi) is 5.37. The van der Waals surface area contributed by atoms with Crippen LogP contribution in [-0.4, -0.2) is 22.8 Å². The fourth-order valence-electron chi connectivity index (χ4n) is 1.29. The maximum atomic E-state index is 10.4. The third-order valence-electron chi connectivity index (χ3n) is 2.15. The van der Waals surface area contributed by atoms with Gasteiger partial charge in [0.25, 0.3) is 5.69 Å². The second-order valence-corrected chi connectivity index (χ2v) is 3.51. The molecule has 1 aromatic carbocycles. The first-order valence-electron chi connectivity index (χ1n) is 5.36. The fourth-order valence-corrected chi connectivity index (χ4v) is 1.29. The summed E-state index contributed by atoms with van der Waals surface area (Å²) in [6.45, 7) is 0.167. The van der Waals surface area contributed by atoms with Crippen LogP contribution in [0.3, 0.4) is 0 Å². The summed E-state index contributed by atoms with van der Waals surface area (Å²) < 4.78 is 4.34. The van der Waals surface area contributed by atoms with Crippen LogP contribution < -0.4 is 0 Å². The lowest BCUT2D eigenvalue weighted by Crippen LogP contribution is -2.00. The lowest BCUT2D eigenvalue weighted by molar-refractivity contribution is -0.384. The molecule has 0 aliphatic rings. The van der Waals surface area contributed by atoms with Crippen LogP contribution in [0.25, 0.3) is 6.08 Å². The first-order chi connectivity index (χ1) is 8.59. The number of carbonyl (C=O) groups is 1. The van der Waals surface area contributed by atoms with Gasteiger partial charge in [0.05, 0.1) is 11.5 Å². The first kappa shape index (κ1) is 13.7. The van der Waals surface area contributed by atoms with E-state index in [2.05, 4.69) is 4.74 Å². The molecule has 1 rings (SSSR count). The first-order valence-corrected chi connectivity index (χ1v) is 5.36. The molecule has 1 aromatic rings. The summed E-state index contributed by atoms with van der Waals surface area (Å²) in [6.07, 6.45) is 3.71. The van der Waals surface area contributed by atoms with E-state index in [1.54, 1.807) is 12.1 Å². The van der Waals surface area contributed by atoms with Gasteiger partial charge in [-0.25, -0.2) is 4.79 Å². The van der Waals surface area contributed by atoms with Crippen molar-refractivity contribution < 1.29 is 19.6 Å². The van der Waals surface area contributed by atoms with Gasteiger partial charge in [-0.05, 0) is 30.5 Å². The van der Waals surface area contributed by atoms with Gasteiger partial charge in [-0.15, -0.1) is 0 Å². The number of rotatable bonds is 6. The Labute approximate surface area is 104 Å². The minimum absolute atomic E-state index is 0.0574. The van der Waals surface area contributed by atoms with E-state index in [9.17, 15) is 14.9 Å². The van der Waals surface area contributed by atoms with Crippen molar-refractivity contribution in [1.82, 2.24) is 0 Å². The summed E-state index contributed by atoms with van der Waals surface area (Å²) in [5.41, 5.74) is 0.918. The number of ether oxygens (including phenoxy) is 1. The highest BCUT2D eigenvalue weighted by Gasteiger charge is 2.01. The van der Waals surface area contributed by atoms with Crippen molar-refractivity contribution in [3.8, 4) is 0 Å². The third-order valence-corrected chi connectivity index (χ3v) is 2.15. The number of allylic oxidation sites excluding steroid dienone is 1. The zero-order valence-corrected chi connectivity index (χ0v) is 9.61. The molecule has 0 atom stereocenters. The van der Waals surface area contributed by atoms with Gasteiger partial charge in [0.15, 0.2) is 0 Å². The summed E-state index contributed by atoms with van der Waals surface area (Å²) in [7, 11) is 0. The molecular weight excluding hydrogens is 238 g/mol. The minimum atomic E-state index is -1.27. The highest BCUT2D eigenvalue weighted by atomic mass is 16.7. The molecule has 18 heavy (non-hydrogen) atoms. The van der Waals surface area contributed by atoms with Gasteiger partial charge in [0, 0.05) is 12.1 Å². The molecule has 0 unspecified atom stereocenters. The second kappa shape index (κ2) is 7.05. The van der Waals surface area contributed by atoms with Crippen molar-refractivity contribution in [1.29, 1.82) is 0 Å². The highest BCUT2D eigenvalue weighted by molar-refractivity contribution is 5.56. The Morgan fingerprint density at radius 2 is 2.06 bits per heavy atom. The van der Waals surface area contributed by atoms with E-state index in [0.29, 0.717) is 12.8 Å². The largest absolute Gasteiger partial charge is 0.505 e. The molecule has 0 saturated heterocycles. The minimum Gasteiger partial charge on any atom is -0.450 e. The third kappa shape index (κ3) is 5.11. The molecule has 1 N–H and O–H groups in total. The zero-order valence-electron chi connectivity index (χ0n) is 9.61. The van der Waals surface area contributed by atoms with E-state index < -0.39 is 11.1 Å². The average Bonchev–Trinajstić information content (AvgIpc) is 2.34. The summed E-state index contributed by atoms with van der Waals surface area (Å²) in [5.74, 6) is 0. The molecule has 6 nitrogen and oxygen atoms in total. The molecule has 0 fully saturated rings. The predicted octanol–water partition coefficient (Wildman–Crippen LogP) is 3.08.